The predicted molar refractivity (Wildman–Crippen MR) is 111 cm³/mol. The van der Waals surface area contributed by atoms with Gasteiger partial charge in [-0.25, -0.2) is 5.01 Å². The molecule has 0 aromatic heterocycles. The Morgan fingerprint density at radius 3 is 2.57 bits per heavy atom. The lowest BCUT2D eigenvalue weighted by molar-refractivity contribution is -0.158. The van der Waals surface area contributed by atoms with Gasteiger partial charge >= 0.3 is 0 Å². The summed E-state index contributed by atoms with van der Waals surface area (Å²) in [6, 6.07) is 16.8. The highest BCUT2D eigenvalue weighted by Crippen LogP contribution is 2.49. The molecule has 0 bridgehead atoms. The van der Waals surface area contributed by atoms with Crippen molar-refractivity contribution >= 4 is 27.5 Å². The fourth-order valence-corrected chi connectivity index (χ4v) is 4.81. The van der Waals surface area contributed by atoms with Crippen LogP contribution in [-0.2, 0) is 4.79 Å². The molecule has 0 N–H and O–H groups in total. The molecule has 1 amide bonds. The molecule has 28 heavy (non-hydrogen) atoms. The van der Waals surface area contributed by atoms with Crippen LogP contribution in [0.4, 0.5) is 0 Å². The molecular formula is C22H22BrN3O2. The van der Waals surface area contributed by atoms with Gasteiger partial charge in [0.05, 0.1) is 11.8 Å². The maximum atomic E-state index is 11.8. The number of para-hydroxylation sites is 1. The molecule has 5 rings (SSSR count). The minimum atomic E-state index is -0.484. The Bertz CT molecular complexity index is 949. The SMILES string of the molecule is CC(=O)N1CCC2(CC1)Oc1ccccc1[C@H]1CC(c3ccc(Br)cc3)=NN12. The number of fused-ring (bicyclic) bond motifs is 4. The monoisotopic (exact) mass is 439 g/mol. The third kappa shape index (κ3) is 2.82. The molecule has 0 aliphatic carbocycles. The minimum Gasteiger partial charge on any atom is -0.466 e. The number of ether oxygens (including phenoxy) is 1. The van der Waals surface area contributed by atoms with Crippen molar-refractivity contribution in [2.75, 3.05) is 13.1 Å². The number of rotatable bonds is 1. The Kier molecular flexibility index (Phi) is 4.19. The third-order valence-electron chi connectivity index (χ3n) is 6.07. The van der Waals surface area contributed by atoms with Gasteiger partial charge in [-0.3, -0.25) is 4.79 Å². The third-order valence-corrected chi connectivity index (χ3v) is 6.60. The van der Waals surface area contributed by atoms with Crippen LogP contribution in [0.5, 0.6) is 5.75 Å². The lowest BCUT2D eigenvalue weighted by atomic mass is 9.90. The van der Waals surface area contributed by atoms with E-state index in [4.69, 9.17) is 9.84 Å². The zero-order valence-corrected chi connectivity index (χ0v) is 17.4. The first kappa shape index (κ1) is 17.7. The summed E-state index contributed by atoms with van der Waals surface area (Å²) in [5.74, 6) is 1.08. The van der Waals surface area contributed by atoms with Crippen molar-refractivity contribution in [2.24, 2.45) is 5.10 Å². The number of carbonyl (C=O) groups excluding carboxylic acids is 1. The van der Waals surface area contributed by atoms with Crippen molar-refractivity contribution in [3.8, 4) is 5.75 Å². The first-order valence-corrected chi connectivity index (χ1v) is 10.5. The van der Waals surface area contributed by atoms with E-state index >= 15 is 0 Å². The highest BCUT2D eigenvalue weighted by Gasteiger charge is 2.51. The molecule has 2 aromatic rings. The van der Waals surface area contributed by atoms with E-state index in [0.717, 1.165) is 40.8 Å². The van der Waals surface area contributed by atoms with Crippen molar-refractivity contribution in [3.63, 3.8) is 0 Å². The van der Waals surface area contributed by atoms with Crippen LogP contribution in [0.15, 0.2) is 58.1 Å². The molecule has 1 atom stereocenters. The highest BCUT2D eigenvalue weighted by atomic mass is 79.9. The second-order valence-electron chi connectivity index (χ2n) is 7.71. The van der Waals surface area contributed by atoms with Crippen LogP contribution in [0, 0.1) is 0 Å². The van der Waals surface area contributed by atoms with E-state index in [1.165, 1.54) is 5.56 Å². The van der Waals surface area contributed by atoms with Crippen molar-refractivity contribution < 1.29 is 9.53 Å². The minimum absolute atomic E-state index is 0.128. The molecule has 0 radical (unpaired) electrons. The number of hydrazone groups is 1. The van der Waals surface area contributed by atoms with Gasteiger partial charge in [0.1, 0.15) is 5.75 Å². The van der Waals surface area contributed by atoms with Gasteiger partial charge in [0, 0.05) is 49.3 Å². The van der Waals surface area contributed by atoms with Gasteiger partial charge < -0.3 is 9.64 Å². The second kappa shape index (κ2) is 6.62. The molecule has 3 aliphatic rings. The number of carbonyl (C=O) groups is 1. The van der Waals surface area contributed by atoms with Gasteiger partial charge in [0.2, 0.25) is 11.6 Å². The summed E-state index contributed by atoms with van der Waals surface area (Å²) < 4.78 is 7.64. The molecule has 6 heteroatoms. The summed E-state index contributed by atoms with van der Waals surface area (Å²) in [4.78, 5) is 13.7. The number of amides is 1. The average molecular weight is 440 g/mol. The molecule has 144 valence electrons. The van der Waals surface area contributed by atoms with Crippen LogP contribution >= 0.6 is 15.9 Å². The van der Waals surface area contributed by atoms with Crippen molar-refractivity contribution in [3.05, 3.63) is 64.1 Å². The topological polar surface area (TPSA) is 45.1 Å². The zero-order valence-electron chi connectivity index (χ0n) is 15.8. The van der Waals surface area contributed by atoms with E-state index in [-0.39, 0.29) is 11.9 Å². The quantitative estimate of drug-likeness (QED) is 0.663. The number of likely N-dealkylation sites (tertiary alicyclic amines) is 1. The molecule has 1 saturated heterocycles. The van der Waals surface area contributed by atoms with E-state index in [1.807, 2.05) is 11.0 Å². The molecular weight excluding hydrogens is 418 g/mol. The Balaban J connectivity index is 1.53. The molecule has 3 aliphatic heterocycles. The number of hydrogen-bond donors (Lipinski definition) is 0. The molecule has 1 fully saturated rings. The largest absolute Gasteiger partial charge is 0.466 e. The summed E-state index contributed by atoms with van der Waals surface area (Å²) in [5.41, 5.74) is 2.94. The smallest absolute Gasteiger partial charge is 0.219 e. The molecule has 2 aromatic carbocycles. The summed E-state index contributed by atoms with van der Waals surface area (Å²) in [6.45, 7) is 3.03. The van der Waals surface area contributed by atoms with Crippen LogP contribution in [0.1, 0.15) is 43.4 Å². The Hall–Kier alpha value is -2.34. The van der Waals surface area contributed by atoms with Crippen LogP contribution in [0.2, 0.25) is 0 Å². The summed E-state index contributed by atoms with van der Waals surface area (Å²) >= 11 is 3.51. The molecule has 3 heterocycles. The number of benzene rings is 2. The Labute approximate surface area is 173 Å². The van der Waals surface area contributed by atoms with Crippen molar-refractivity contribution in [1.29, 1.82) is 0 Å². The molecule has 0 unspecified atom stereocenters. The van der Waals surface area contributed by atoms with Crippen LogP contribution in [0.3, 0.4) is 0 Å². The standard InChI is InChI=1S/C22H22BrN3O2/c1-15(27)25-12-10-22(11-13-25)26-20(18-4-2-3-5-21(18)28-22)14-19(24-26)16-6-8-17(23)9-7-16/h2-9,20H,10-14H2,1H3/t20-/m1/s1. The molecule has 5 nitrogen and oxygen atoms in total. The fourth-order valence-electron chi connectivity index (χ4n) is 4.55. The van der Waals surface area contributed by atoms with Crippen LogP contribution in [-0.4, -0.2) is 40.3 Å². The van der Waals surface area contributed by atoms with Gasteiger partial charge in [0.25, 0.3) is 0 Å². The van der Waals surface area contributed by atoms with Gasteiger partial charge in [-0.2, -0.15) is 5.10 Å². The Morgan fingerprint density at radius 1 is 1.14 bits per heavy atom. The van der Waals surface area contributed by atoms with Crippen molar-refractivity contribution in [2.45, 2.75) is 38.0 Å². The summed E-state index contributed by atoms with van der Waals surface area (Å²) in [6.07, 6.45) is 2.38. The van der Waals surface area contributed by atoms with Gasteiger partial charge in [-0.05, 0) is 23.8 Å². The lowest BCUT2D eigenvalue weighted by Crippen LogP contribution is -2.59. The van der Waals surface area contributed by atoms with Crippen molar-refractivity contribution in [1.82, 2.24) is 9.91 Å². The lowest BCUT2D eigenvalue weighted by Gasteiger charge is -2.51. The normalized spacial score (nSPS) is 22.4. The summed E-state index contributed by atoms with van der Waals surface area (Å²) in [5, 5.41) is 7.25. The van der Waals surface area contributed by atoms with Crippen LogP contribution in [0.25, 0.3) is 0 Å². The predicted octanol–water partition coefficient (Wildman–Crippen LogP) is 4.33. The maximum absolute atomic E-state index is 11.8. The first-order valence-electron chi connectivity index (χ1n) is 9.72. The summed E-state index contributed by atoms with van der Waals surface area (Å²) in [7, 11) is 0. The number of halogens is 1. The van der Waals surface area contributed by atoms with Gasteiger partial charge in [-0.15, -0.1) is 0 Å². The Morgan fingerprint density at radius 2 is 1.86 bits per heavy atom. The van der Waals surface area contributed by atoms with E-state index in [0.29, 0.717) is 13.1 Å². The van der Waals surface area contributed by atoms with Gasteiger partial charge in [0.15, 0.2) is 0 Å². The van der Waals surface area contributed by atoms with E-state index < -0.39 is 5.72 Å². The number of nitrogens with zero attached hydrogens (tertiary/aromatic N) is 3. The average Bonchev–Trinajstić information content (AvgIpc) is 3.16. The second-order valence-corrected chi connectivity index (χ2v) is 8.63. The zero-order chi connectivity index (χ0) is 19.3. The molecule has 0 saturated carbocycles. The number of piperidine rings is 1. The molecule has 1 spiro atoms. The van der Waals surface area contributed by atoms with E-state index in [9.17, 15) is 4.79 Å². The van der Waals surface area contributed by atoms with E-state index in [2.05, 4.69) is 63.4 Å². The number of hydrogen-bond acceptors (Lipinski definition) is 4. The van der Waals surface area contributed by atoms with Gasteiger partial charge in [-0.1, -0.05) is 46.3 Å². The maximum Gasteiger partial charge on any atom is 0.219 e. The fraction of sp³-hybridized carbons (Fsp3) is 0.364. The van der Waals surface area contributed by atoms with Crippen LogP contribution < -0.4 is 4.74 Å². The first-order chi connectivity index (χ1) is 13.6. The van der Waals surface area contributed by atoms with E-state index in [1.54, 1.807) is 6.92 Å². The highest BCUT2D eigenvalue weighted by molar-refractivity contribution is 9.10.